The quantitative estimate of drug-likeness (QED) is 0.632. The summed E-state index contributed by atoms with van der Waals surface area (Å²) in [5.74, 6) is 0.766. The van der Waals surface area contributed by atoms with E-state index < -0.39 is 0 Å². The van der Waals surface area contributed by atoms with Crippen molar-refractivity contribution in [3.8, 4) is 0 Å². The van der Waals surface area contributed by atoms with Crippen LogP contribution in [-0.4, -0.2) is 37.7 Å². The van der Waals surface area contributed by atoms with Gasteiger partial charge in [0.15, 0.2) is 5.82 Å². The monoisotopic (exact) mass is 283 g/mol. The third-order valence-corrected chi connectivity index (χ3v) is 3.09. The van der Waals surface area contributed by atoms with Crippen molar-refractivity contribution in [2.75, 3.05) is 18.4 Å². The molecule has 0 spiro atoms. The molecule has 0 unspecified atom stereocenters. The van der Waals surface area contributed by atoms with Crippen molar-refractivity contribution >= 4 is 11.5 Å². The molecule has 0 radical (unpaired) electrons. The van der Waals surface area contributed by atoms with Gasteiger partial charge in [-0.1, -0.05) is 6.07 Å². The molecule has 3 heterocycles. The molecule has 0 aliphatic rings. The van der Waals surface area contributed by atoms with Crippen molar-refractivity contribution in [3.05, 3.63) is 48.8 Å². The lowest BCUT2D eigenvalue weighted by Gasteiger charge is -2.07. The highest BCUT2D eigenvalue weighted by Gasteiger charge is 2.03. The van der Waals surface area contributed by atoms with Crippen LogP contribution in [0.3, 0.4) is 0 Å². The van der Waals surface area contributed by atoms with E-state index in [9.17, 15) is 0 Å². The van der Waals surface area contributed by atoms with E-state index in [1.807, 2.05) is 22.9 Å². The first-order valence-corrected chi connectivity index (χ1v) is 6.91. The summed E-state index contributed by atoms with van der Waals surface area (Å²) < 4.78 is 1.84. The Hall–Kier alpha value is -2.54. The summed E-state index contributed by atoms with van der Waals surface area (Å²) in [6.07, 6.45) is 9.89. The highest BCUT2D eigenvalue weighted by Crippen LogP contribution is 2.09. The van der Waals surface area contributed by atoms with Gasteiger partial charge < -0.3 is 10.6 Å². The van der Waals surface area contributed by atoms with Crippen LogP contribution in [-0.2, 0) is 6.54 Å². The minimum absolute atomic E-state index is 0.751. The Morgan fingerprint density at radius 2 is 2.19 bits per heavy atom. The molecule has 0 saturated heterocycles. The van der Waals surface area contributed by atoms with Crippen molar-refractivity contribution in [1.82, 2.24) is 29.9 Å². The fourth-order valence-electron chi connectivity index (χ4n) is 2.04. The van der Waals surface area contributed by atoms with Crippen molar-refractivity contribution in [1.29, 1.82) is 0 Å². The number of hydrogen-bond acceptors (Lipinski definition) is 6. The van der Waals surface area contributed by atoms with Crippen LogP contribution in [0.1, 0.15) is 12.0 Å². The Morgan fingerprint density at radius 1 is 1.19 bits per heavy atom. The first kappa shape index (κ1) is 13.4. The van der Waals surface area contributed by atoms with E-state index in [4.69, 9.17) is 0 Å². The summed E-state index contributed by atoms with van der Waals surface area (Å²) in [5, 5.41) is 14.6. The minimum Gasteiger partial charge on any atom is -0.367 e. The molecular formula is C14H17N7. The molecule has 2 N–H and O–H groups in total. The molecule has 7 nitrogen and oxygen atoms in total. The summed E-state index contributed by atoms with van der Waals surface area (Å²) in [5.41, 5.74) is 1.95. The smallest absolute Gasteiger partial charge is 0.203 e. The maximum absolute atomic E-state index is 4.28. The molecule has 3 rings (SSSR count). The van der Waals surface area contributed by atoms with Crippen molar-refractivity contribution in [2.24, 2.45) is 0 Å². The highest BCUT2D eigenvalue weighted by atomic mass is 15.2. The Balaban J connectivity index is 1.40. The maximum Gasteiger partial charge on any atom is 0.203 e. The minimum atomic E-state index is 0.751. The Morgan fingerprint density at radius 3 is 3.10 bits per heavy atom. The van der Waals surface area contributed by atoms with Crippen molar-refractivity contribution in [3.63, 3.8) is 0 Å². The average molecular weight is 283 g/mol. The van der Waals surface area contributed by atoms with Gasteiger partial charge in [-0.05, 0) is 24.6 Å². The number of aromatic nitrogens is 5. The fraction of sp³-hybridized carbons (Fsp3) is 0.286. The second-order valence-electron chi connectivity index (χ2n) is 4.66. The number of rotatable bonds is 7. The summed E-state index contributed by atoms with van der Waals surface area (Å²) in [7, 11) is 0. The van der Waals surface area contributed by atoms with Crippen molar-refractivity contribution in [2.45, 2.75) is 13.0 Å². The lowest BCUT2D eigenvalue weighted by molar-refractivity contribution is 0.661. The molecule has 108 valence electrons. The van der Waals surface area contributed by atoms with Gasteiger partial charge in [-0.25, -0.2) is 4.98 Å². The Bertz CT molecular complexity index is 680. The summed E-state index contributed by atoms with van der Waals surface area (Å²) in [4.78, 5) is 8.37. The number of fused-ring (bicyclic) bond motifs is 1. The molecule has 0 amide bonds. The van der Waals surface area contributed by atoms with Gasteiger partial charge in [0.25, 0.3) is 0 Å². The van der Waals surface area contributed by atoms with Crippen LogP contribution in [0.5, 0.6) is 0 Å². The number of nitrogens with zero attached hydrogens (tertiary/aromatic N) is 5. The molecule has 0 fully saturated rings. The van der Waals surface area contributed by atoms with E-state index in [-0.39, 0.29) is 0 Å². The van der Waals surface area contributed by atoms with Crippen LogP contribution in [0.4, 0.5) is 5.82 Å². The van der Waals surface area contributed by atoms with E-state index in [1.165, 1.54) is 5.56 Å². The van der Waals surface area contributed by atoms with Crippen LogP contribution < -0.4 is 10.6 Å². The molecule has 3 aromatic rings. The number of anilines is 1. The van der Waals surface area contributed by atoms with E-state index in [0.717, 1.165) is 37.5 Å². The van der Waals surface area contributed by atoms with Gasteiger partial charge in [0.1, 0.15) is 6.33 Å². The lowest BCUT2D eigenvalue weighted by atomic mass is 10.3. The molecule has 0 saturated carbocycles. The van der Waals surface area contributed by atoms with Crippen LogP contribution >= 0.6 is 0 Å². The van der Waals surface area contributed by atoms with Gasteiger partial charge >= 0.3 is 0 Å². The topological polar surface area (TPSA) is 80.0 Å². The molecule has 7 heteroatoms. The first-order valence-electron chi connectivity index (χ1n) is 6.91. The normalized spacial score (nSPS) is 10.9. The van der Waals surface area contributed by atoms with Crippen LogP contribution in [0.25, 0.3) is 5.65 Å². The maximum atomic E-state index is 4.28. The standard InChI is InChI=1S/C14H17N7/c1-3-12(9-15-4-1)10-16-5-2-6-17-13-14-20-19-11-21(14)8-7-18-13/h1,3-4,7-9,11,16H,2,5-6,10H2,(H,17,18). The molecule has 0 aliphatic carbocycles. The van der Waals surface area contributed by atoms with Gasteiger partial charge in [0.2, 0.25) is 5.65 Å². The van der Waals surface area contributed by atoms with Gasteiger partial charge in [0, 0.05) is 37.9 Å². The number of pyridine rings is 1. The second-order valence-corrected chi connectivity index (χ2v) is 4.66. The predicted octanol–water partition coefficient (Wildman–Crippen LogP) is 1.11. The van der Waals surface area contributed by atoms with Crippen LogP contribution in [0.2, 0.25) is 0 Å². The number of nitrogens with one attached hydrogen (secondary N) is 2. The highest BCUT2D eigenvalue weighted by molar-refractivity contribution is 5.61. The third kappa shape index (κ3) is 3.51. The summed E-state index contributed by atoms with van der Waals surface area (Å²) in [6.45, 7) is 2.60. The molecule has 0 aliphatic heterocycles. The SMILES string of the molecule is c1cncc(CNCCCNc2nccn3cnnc23)c1. The zero-order valence-corrected chi connectivity index (χ0v) is 11.6. The van der Waals surface area contributed by atoms with E-state index >= 15 is 0 Å². The van der Waals surface area contributed by atoms with Crippen molar-refractivity contribution < 1.29 is 0 Å². The van der Waals surface area contributed by atoms with Gasteiger partial charge in [-0.15, -0.1) is 10.2 Å². The summed E-state index contributed by atoms with van der Waals surface area (Å²) in [6, 6.07) is 4.01. The van der Waals surface area contributed by atoms with Gasteiger partial charge in [-0.2, -0.15) is 0 Å². The molecule has 21 heavy (non-hydrogen) atoms. The van der Waals surface area contributed by atoms with Crippen LogP contribution in [0.15, 0.2) is 43.2 Å². The van der Waals surface area contributed by atoms with Crippen LogP contribution in [0, 0.1) is 0 Å². The fourth-order valence-corrected chi connectivity index (χ4v) is 2.04. The third-order valence-electron chi connectivity index (χ3n) is 3.09. The number of hydrogen-bond donors (Lipinski definition) is 2. The van der Waals surface area contributed by atoms with Gasteiger partial charge in [-0.3, -0.25) is 9.38 Å². The molecule has 0 atom stereocenters. The lowest BCUT2D eigenvalue weighted by Crippen LogP contribution is -2.18. The summed E-state index contributed by atoms with van der Waals surface area (Å²) >= 11 is 0. The first-order chi connectivity index (χ1) is 10.4. The molecule has 0 bridgehead atoms. The Labute approximate surface area is 122 Å². The Kier molecular flexibility index (Phi) is 4.33. The zero-order valence-electron chi connectivity index (χ0n) is 11.6. The second kappa shape index (κ2) is 6.76. The largest absolute Gasteiger partial charge is 0.367 e. The van der Waals surface area contributed by atoms with E-state index in [1.54, 1.807) is 18.7 Å². The molecule has 3 aromatic heterocycles. The van der Waals surface area contributed by atoms with Gasteiger partial charge in [0.05, 0.1) is 0 Å². The zero-order chi connectivity index (χ0) is 14.3. The van der Waals surface area contributed by atoms with E-state index in [2.05, 4.69) is 36.9 Å². The van der Waals surface area contributed by atoms with E-state index in [0.29, 0.717) is 0 Å². The molecule has 0 aromatic carbocycles. The average Bonchev–Trinajstić information content (AvgIpc) is 3.01. The molecular weight excluding hydrogens is 266 g/mol. The predicted molar refractivity (Wildman–Crippen MR) is 79.8 cm³/mol.